The molecule has 2 rings (SSSR count). The molecule has 1 amide bonds. The number of benzene rings is 1. The highest BCUT2D eigenvalue weighted by Gasteiger charge is 2.22. The van der Waals surface area contributed by atoms with Gasteiger partial charge in [-0.2, -0.15) is 0 Å². The van der Waals surface area contributed by atoms with E-state index in [4.69, 9.17) is 14.2 Å². The van der Waals surface area contributed by atoms with Gasteiger partial charge in [-0.15, -0.1) is 0 Å². The summed E-state index contributed by atoms with van der Waals surface area (Å²) in [5.74, 6) is 0. The molecule has 0 radical (unpaired) electrons. The summed E-state index contributed by atoms with van der Waals surface area (Å²) in [6.45, 7) is 13.2. The highest BCUT2D eigenvalue weighted by Crippen LogP contribution is 2.26. The zero-order valence-electron chi connectivity index (χ0n) is 18.6. The molecule has 0 unspecified atom stereocenters. The van der Waals surface area contributed by atoms with E-state index < -0.39 is 16.6 Å². The Morgan fingerprint density at radius 3 is 2.67 bits per heavy atom. The van der Waals surface area contributed by atoms with Gasteiger partial charge in [0.2, 0.25) is 0 Å². The molecule has 1 heterocycles. The minimum atomic E-state index is -0.579. The van der Waals surface area contributed by atoms with Gasteiger partial charge in [-0.25, -0.2) is 4.79 Å². The third-order valence-electron chi connectivity index (χ3n) is 4.74. The molecular formula is C21H33N3O6. The number of anilines is 1. The zero-order chi connectivity index (χ0) is 22.5. The molecule has 1 N–H and O–H groups in total. The van der Waals surface area contributed by atoms with Crippen LogP contribution in [-0.2, 0) is 20.8 Å². The second-order valence-corrected chi connectivity index (χ2v) is 8.69. The first-order chi connectivity index (χ1) is 13.9. The lowest BCUT2D eigenvalue weighted by molar-refractivity contribution is -0.384. The average Bonchev–Trinajstić information content (AvgIpc) is 2.64. The van der Waals surface area contributed by atoms with Gasteiger partial charge in [0.15, 0.2) is 0 Å². The number of rotatable bonds is 7. The number of ether oxygens (including phenoxy) is 3. The smallest absolute Gasteiger partial charge is 0.407 e. The SMILES string of the molecule is C[C@@H]1CN(c2cc(CO[C@H](C)[C@@H](C)NC(=O)OC(C)(C)C)cc([N+](=O)[O-])c2)CCO1. The molecule has 1 aliphatic rings. The number of carbonyl (C=O) groups is 1. The van der Waals surface area contributed by atoms with Crippen molar-refractivity contribution in [2.75, 3.05) is 24.6 Å². The molecule has 1 aliphatic heterocycles. The van der Waals surface area contributed by atoms with E-state index in [2.05, 4.69) is 10.2 Å². The molecule has 9 nitrogen and oxygen atoms in total. The fourth-order valence-electron chi connectivity index (χ4n) is 3.06. The first-order valence-corrected chi connectivity index (χ1v) is 10.2. The van der Waals surface area contributed by atoms with E-state index >= 15 is 0 Å². The van der Waals surface area contributed by atoms with Crippen molar-refractivity contribution < 1.29 is 23.9 Å². The first-order valence-electron chi connectivity index (χ1n) is 10.2. The monoisotopic (exact) mass is 423 g/mol. The minimum Gasteiger partial charge on any atom is -0.444 e. The maximum absolute atomic E-state index is 11.9. The molecule has 0 aliphatic carbocycles. The highest BCUT2D eigenvalue weighted by molar-refractivity contribution is 5.68. The van der Waals surface area contributed by atoms with Crippen molar-refractivity contribution in [1.82, 2.24) is 5.32 Å². The van der Waals surface area contributed by atoms with Crippen LogP contribution in [0.1, 0.15) is 47.1 Å². The van der Waals surface area contributed by atoms with E-state index in [0.717, 1.165) is 5.69 Å². The second-order valence-electron chi connectivity index (χ2n) is 8.69. The van der Waals surface area contributed by atoms with Crippen molar-refractivity contribution in [3.05, 3.63) is 33.9 Å². The maximum Gasteiger partial charge on any atom is 0.407 e. The Labute approximate surface area is 177 Å². The predicted molar refractivity (Wildman–Crippen MR) is 114 cm³/mol. The third kappa shape index (κ3) is 7.46. The summed E-state index contributed by atoms with van der Waals surface area (Å²) in [7, 11) is 0. The molecule has 0 aromatic heterocycles. The van der Waals surface area contributed by atoms with E-state index in [9.17, 15) is 14.9 Å². The Kier molecular flexibility index (Phi) is 8.03. The molecule has 0 spiro atoms. The number of nitrogens with one attached hydrogen (secondary N) is 1. The van der Waals surface area contributed by atoms with Gasteiger partial charge in [-0.3, -0.25) is 10.1 Å². The molecule has 3 atom stereocenters. The molecule has 1 aromatic rings. The van der Waals surface area contributed by atoms with Crippen LogP contribution in [0.4, 0.5) is 16.2 Å². The zero-order valence-corrected chi connectivity index (χ0v) is 18.6. The van der Waals surface area contributed by atoms with Gasteiger partial charge in [0, 0.05) is 30.9 Å². The number of hydrogen-bond donors (Lipinski definition) is 1. The molecule has 30 heavy (non-hydrogen) atoms. The quantitative estimate of drug-likeness (QED) is 0.527. The van der Waals surface area contributed by atoms with Crippen LogP contribution in [0.3, 0.4) is 0 Å². The topological polar surface area (TPSA) is 103 Å². The fourth-order valence-corrected chi connectivity index (χ4v) is 3.06. The van der Waals surface area contributed by atoms with Crippen LogP contribution in [0, 0.1) is 10.1 Å². The molecule has 9 heteroatoms. The predicted octanol–water partition coefficient (Wildman–Crippen LogP) is 3.64. The molecule has 168 valence electrons. The number of amides is 1. The molecular weight excluding hydrogens is 390 g/mol. The van der Waals surface area contributed by atoms with Crippen molar-refractivity contribution >= 4 is 17.5 Å². The molecule has 0 bridgehead atoms. The number of nitro benzene ring substituents is 1. The summed E-state index contributed by atoms with van der Waals surface area (Å²) >= 11 is 0. The number of carbonyl (C=O) groups excluding carboxylic acids is 1. The van der Waals surface area contributed by atoms with Crippen LogP contribution in [-0.4, -0.2) is 54.6 Å². The van der Waals surface area contributed by atoms with Crippen molar-refractivity contribution in [1.29, 1.82) is 0 Å². The Bertz CT molecular complexity index is 749. The van der Waals surface area contributed by atoms with Gasteiger partial charge in [0.1, 0.15) is 5.60 Å². The Balaban J connectivity index is 2.02. The Hall–Kier alpha value is -2.39. The second kappa shape index (κ2) is 10.1. The minimum absolute atomic E-state index is 0.0258. The maximum atomic E-state index is 11.9. The van der Waals surface area contributed by atoms with Gasteiger partial charge in [-0.05, 0) is 53.2 Å². The van der Waals surface area contributed by atoms with Crippen LogP contribution in [0.2, 0.25) is 0 Å². The molecule has 1 saturated heterocycles. The number of non-ortho nitro benzene ring substituents is 1. The van der Waals surface area contributed by atoms with Gasteiger partial charge in [-0.1, -0.05) is 0 Å². The number of hydrogen-bond acceptors (Lipinski definition) is 7. The van der Waals surface area contributed by atoms with Crippen molar-refractivity contribution in [3.8, 4) is 0 Å². The van der Waals surface area contributed by atoms with Crippen molar-refractivity contribution in [2.45, 2.75) is 72.0 Å². The number of nitrogens with zero attached hydrogens (tertiary/aromatic N) is 2. The summed E-state index contributed by atoms with van der Waals surface area (Å²) in [5, 5.41) is 14.1. The summed E-state index contributed by atoms with van der Waals surface area (Å²) in [5.41, 5.74) is 0.933. The van der Waals surface area contributed by atoms with Crippen molar-refractivity contribution in [3.63, 3.8) is 0 Å². The Morgan fingerprint density at radius 1 is 1.37 bits per heavy atom. The van der Waals surface area contributed by atoms with Crippen LogP contribution in [0.15, 0.2) is 18.2 Å². The third-order valence-corrected chi connectivity index (χ3v) is 4.74. The largest absolute Gasteiger partial charge is 0.444 e. The average molecular weight is 424 g/mol. The number of nitro groups is 1. The normalized spacial score (nSPS) is 19.1. The van der Waals surface area contributed by atoms with Crippen molar-refractivity contribution in [2.24, 2.45) is 0 Å². The summed E-state index contributed by atoms with van der Waals surface area (Å²) in [4.78, 5) is 25.0. The van der Waals surface area contributed by atoms with E-state index in [-0.39, 0.29) is 30.5 Å². The highest BCUT2D eigenvalue weighted by atomic mass is 16.6. The van der Waals surface area contributed by atoms with Gasteiger partial charge in [0.25, 0.3) is 5.69 Å². The lowest BCUT2D eigenvalue weighted by atomic mass is 10.1. The summed E-state index contributed by atoms with van der Waals surface area (Å²) in [6.07, 6.45) is -0.759. The lowest BCUT2D eigenvalue weighted by Gasteiger charge is -2.33. The summed E-state index contributed by atoms with van der Waals surface area (Å²) in [6, 6.07) is 4.71. The summed E-state index contributed by atoms with van der Waals surface area (Å²) < 4.78 is 16.7. The number of alkyl carbamates (subject to hydrolysis) is 1. The van der Waals surface area contributed by atoms with Crippen LogP contribution >= 0.6 is 0 Å². The first kappa shape index (κ1) is 23.9. The van der Waals surface area contributed by atoms with Crippen LogP contribution < -0.4 is 10.2 Å². The van der Waals surface area contributed by atoms with Crippen LogP contribution in [0.25, 0.3) is 0 Å². The van der Waals surface area contributed by atoms with Crippen LogP contribution in [0.5, 0.6) is 0 Å². The van der Waals surface area contributed by atoms with E-state index in [1.807, 2.05) is 26.8 Å². The fraction of sp³-hybridized carbons (Fsp3) is 0.667. The van der Waals surface area contributed by atoms with Gasteiger partial charge < -0.3 is 24.4 Å². The Morgan fingerprint density at radius 2 is 2.07 bits per heavy atom. The van der Waals surface area contributed by atoms with Gasteiger partial charge in [0.05, 0.1) is 36.4 Å². The molecule has 0 saturated carbocycles. The number of morpholine rings is 1. The molecule has 1 aromatic carbocycles. The van der Waals surface area contributed by atoms with E-state index in [0.29, 0.717) is 25.3 Å². The standard InChI is InChI=1S/C21H33N3O6/c1-14-12-23(7-8-28-14)18-9-17(10-19(11-18)24(26)27)13-29-16(3)15(2)22-20(25)30-21(4,5)6/h9-11,14-16H,7-8,12-13H2,1-6H3,(H,22,25)/t14-,15-,16-/m1/s1. The van der Waals surface area contributed by atoms with E-state index in [1.54, 1.807) is 26.8 Å². The molecule has 1 fully saturated rings. The van der Waals surface area contributed by atoms with Gasteiger partial charge >= 0.3 is 6.09 Å². The lowest BCUT2D eigenvalue weighted by Crippen LogP contribution is -2.43. The van der Waals surface area contributed by atoms with E-state index in [1.165, 1.54) is 6.07 Å².